The van der Waals surface area contributed by atoms with Gasteiger partial charge in [0.1, 0.15) is 0 Å². The third-order valence-corrected chi connectivity index (χ3v) is 2.95. The Morgan fingerprint density at radius 2 is 1.70 bits per heavy atom. The van der Waals surface area contributed by atoms with Gasteiger partial charge in [-0.1, -0.05) is 23.8 Å². The molecule has 0 aliphatic carbocycles. The molecule has 0 amide bonds. The summed E-state index contributed by atoms with van der Waals surface area (Å²) < 4.78 is 0. The lowest BCUT2D eigenvalue weighted by atomic mass is 10.2. The van der Waals surface area contributed by atoms with Crippen molar-refractivity contribution in [2.45, 2.75) is 6.92 Å². The van der Waals surface area contributed by atoms with Crippen molar-refractivity contribution in [1.82, 2.24) is 9.97 Å². The molecule has 4 nitrogen and oxygen atoms in total. The predicted molar refractivity (Wildman–Crippen MR) is 81.9 cm³/mol. The minimum Gasteiger partial charge on any atom is -0.279 e. The first-order valence-corrected chi connectivity index (χ1v) is 6.38. The maximum absolute atomic E-state index is 4.27. The van der Waals surface area contributed by atoms with Gasteiger partial charge in [0.15, 0.2) is 0 Å². The summed E-state index contributed by atoms with van der Waals surface area (Å²) in [5, 5.41) is 4.23. The molecule has 0 aliphatic rings. The molecule has 0 bridgehead atoms. The number of fused-ring (bicyclic) bond motifs is 1. The largest absolute Gasteiger partial charge is 0.279 e. The highest BCUT2D eigenvalue weighted by Crippen LogP contribution is 2.10. The van der Waals surface area contributed by atoms with Gasteiger partial charge in [0, 0.05) is 12.4 Å². The van der Waals surface area contributed by atoms with Gasteiger partial charge in [-0.3, -0.25) is 15.4 Å². The minimum absolute atomic E-state index is 0.867. The molecule has 1 aromatic heterocycles. The smallest absolute Gasteiger partial charge is 0.0893 e. The van der Waals surface area contributed by atoms with E-state index < -0.39 is 0 Å². The van der Waals surface area contributed by atoms with Crippen LogP contribution in [0.25, 0.3) is 11.0 Å². The Morgan fingerprint density at radius 1 is 0.950 bits per heavy atom. The van der Waals surface area contributed by atoms with Gasteiger partial charge < -0.3 is 0 Å². The van der Waals surface area contributed by atoms with Gasteiger partial charge in [0.25, 0.3) is 0 Å². The van der Waals surface area contributed by atoms with E-state index in [1.807, 2.05) is 42.5 Å². The molecule has 0 radical (unpaired) electrons. The summed E-state index contributed by atoms with van der Waals surface area (Å²) in [5.41, 5.74) is 7.93. The van der Waals surface area contributed by atoms with Gasteiger partial charge in [0.05, 0.1) is 22.9 Å². The number of aromatic nitrogens is 2. The number of hydrogen-bond acceptors (Lipinski definition) is 4. The van der Waals surface area contributed by atoms with Gasteiger partial charge in [-0.2, -0.15) is 5.10 Å². The van der Waals surface area contributed by atoms with E-state index in [9.17, 15) is 0 Å². The molecule has 3 aromatic rings. The van der Waals surface area contributed by atoms with Crippen molar-refractivity contribution in [3.05, 3.63) is 66.0 Å². The Labute approximate surface area is 117 Å². The van der Waals surface area contributed by atoms with Crippen LogP contribution < -0.4 is 5.43 Å². The normalized spacial score (nSPS) is 11.1. The van der Waals surface area contributed by atoms with Gasteiger partial charge >= 0.3 is 0 Å². The van der Waals surface area contributed by atoms with E-state index in [4.69, 9.17) is 0 Å². The number of rotatable bonds is 3. The van der Waals surface area contributed by atoms with Crippen molar-refractivity contribution in [1.29, 1.82) is 0 Å². The number of anilines is 1. The van der Waals surface area contributed by atoms with Crippen molar-refractivity contribution in [3.8, 4) is 0 Å². The highest BCUT2D eigenvalue weighted by Gasteiger charge is 1.95. The van der Waals surface area contributed by atoms with Crippen LogP contribution in [0.1, 0.15) is 11.1 Å². The maximum Gasteiger partial charge on any atom is 0.0893 e. The molecule has 3 rings (SSSR count). The summed E-state index contributed by atoms with van der Waals surface area (Å²) >= 11 is 0. The van der Waals surface area contributed by atoms with Crippen LogP contribution in [0.2, 0.25) is 0 Å². The molecule has 1 N–H and O–H groups in total. The SMILES string of the molecule is Cc1ccc(N/N=C/c2ccc3nccnc3c2)cc1. The highest BCUT2D eigenvalue weighted by molar-refractivity contribution is 5.86. The second-order valence-electron chi connectivity index (χ2n) is 4.54. The molecule has 0 spiro atoms. The number of hydrazone groups is 1. The quantitative estimate of drug-likeness (QED) is 0.581. The number of nitrogens with zero attached hydrogens (tertiary/aromatic N) is 3. The molecule has 0 saturated heterocycles. The summed E-state index contributed by atoms with van der Waals surface area (Å²) in [6.45, 7) is 2.06. The summed E-state index contributed by atoms with van der Waals surface area (Å²) in [4.78, 5) is 8.51. The summed E-state index contributed by atoms with van der Waals surface area (Å²) in [6, 6.07) is 14.0. The van der Waals surface area contributed by atoms with Crippen LogP contribution in [0.5, 0.6) is 0 Å². The Kier molecular flexibility index (Phi) is 3.37. The Morgan fingerprint density at radius 3 is 2.50 bits per heavy atom. The van der Waals surface area contributed by atoms with Crippen LogP contribution in [-0.4, -0.2) is 16.2 Å². The second-order valence-corrected chi connectivity index (χ2v) is 4.54. The second kappa shape index (κ2) is 5.48. The average molecular weight is 262 g/mol. The third-order valence-electron chi connectivity index (χ3n) is 2.95. The number of aryl methyl sites for hydroxylation is 1. The van der Waals surface area contributed by atoms with E-state index in [2.05, 4.69) is 27.4 Å². The molecule has 2 aromatic carbocycles. The lowest BCUT2D eigenvalue weighted by Gasteiger charge is -2.00. The topological polar surface area (TPSA) is 50.2 Å². The lowest BCUT2D eigenvalue weighted by molar-refractivity contribution is 1.29. The van der Waals surface area contributed by atoms with Crippen LogP contribution in [-0.2, 0) is 0 Å². The molecule has 0 unspecified atom stereocenters. The van der Waals surface area contributed by atoms with Crippen molar-refractivity contribution in [2.24, 2.45) is 5.10 Å². The predicted octanol–water partition coefficient (Wildman–Crippen LogP) is 3.38. The zero-order valence-electron chi connectivity index (χ0n) is 11.1. The first kappa shape index (κ1) is 12.3. The van der Waals surface area contributed by atoms with E-state index in [1.54, 1.807) is 18.6 Å². The maximum atomic E-state index is 4.27. The highest BCUT2D eigenvalue weighted by atomic mass is 15.3. The third kappa shape index (κ3) is 2.80. The number of nitrogens with one attached hydrogen (secondary N) is 1. The van der Waals surface area contributed by atoms with Crippen molar-refractivity contribution in [3.63, 3.8) is 0 Å². The average Bonchev–Trinajstić information content (AvgIpc) is 2.49. The van der Waals surface area contributed by atoms with E-state index >= 15 is 0 Å². The van der Waals surface area contributed by atoms with Crippen LogP contribution in [0.3, 0.4) is 0 Å². The van der Waals surface area contributed by atoms with Crippen LogP contribution in [0.4, 0.5) is 5.69 Å². The minimum atomic E-state index is 0.867. The molecule has 0 saturated carbocycles. The van der Waals surface area contributed by atoms with Gasteiger partial charge in [-0.15, -0.1) is 0 Å². The molecular formula is C16H14N4. The first-order chi connectivity index (χ1) is 9.81. The summed E-state index contributed by atoms with van der Waals surface area (Å²) in [7, 11) is 0. The van der Waals surface area contributed by atoms with E-state index in [0.29, 0.717) is 0 Å². The number of benzene rings is 2. The summed E-state index contributed by atoms with van der Waals surface area (Å²) in [6.07, 6.45) is 5.15. The van der Waals surface area contributed by atoms with Crippen molar-refractivity contribution < 1.29 is 0 Å². The monoisotopic (exact) mass is 262 g/mol. The zero-order chi connectivity index (χ0) is 13.8. The molecule has 4 heteroatoms. The van der Waals surface area contributed by atoms with Gasteiger partial charge in [-0.05, 0) is 36.8 Å². The molecule has 0 aliphatic heterocycles. The molecule has 0 fully saturated rings. The lowest BCUT2D eigenvalue weighted by Crippen LogP contribution is -1.91. The fourth-order valence-electron chi connectivity index (χ4n) is 1.87. The van der Waals surface area contributed by atoms with Crippen molar-refractivity contribution >= 4 is 22.9 Å². The van der Waals surface area contributed by atoms with Gasteiger partial charge in [-0.25, -0.2) is 0 Å². The van der Waals surface area contributed by atoms with Crippen LogP contribution in [0.15, 0.2) is 60.0 Å². The fourth-order valence-corrected chi connectivity index (χ4v) is 1.87. The standard InChI is InChI=1S/C16H14N4/c1-12-2-5-14(6-3-12)20-19-11-13-4-7-15-16(10-13)18-9-8-17-15/h2-11,20H,1H3/b19-11+. The van der Waals surface area contributed by atoms with E-state index in [1.165, 1.54) is 5.56 Å². The summed E-state index contributed by atoms with van der Waals surface area (Å²) in [5.74, 6) is 0. The Hall–Kier alpha value is -2.75. The zero-order valence-corrected chi connectivity index (χ0v) is 11.1. The van der Waals surface area contributed by atoms with Crippen LogP contribution >= 0.6 is 0 Å². The van der Waals surface area contributed by atoms with E-state index in [-0.39, 0.29) is 0 Å². The van der Waals surface area contributed by atoms with E-state index in [0.717, 1.165) is 22.3 Å². The molecular weight excluding hydrogens is 248 g/mol. The molecule has 0 atom stereocenters. The number of hydrogen-bond donors (Lipinski definition) is 1. The van der Waals surface area contributed by atoms with Gasteiger partial charge in [0.2, 0.25) is 0 Å². The van der Waals surface area contributed by atoms with Crippen molar-refractivity contribution in [2.75, 3.05) is 5.43 Å². The fraction of sp³-hybridized carbons (Fsp3) is 0.0625. The molecule has 98 valence electrons. The Balaban J connectivity index is 1.75. The molecule has 1 heterocycles. The first-order valence-electron chi connectivity index (χ1n) is 6.38. The van der Waals surface area contributed by atoms with Crippen LogP contribution in [0, 0.1) is 6.92 Å². The Bertz CT molecular complexity index is 748. The molecule has 20 heavy (non-hydrogen) atoms.